The van der Waals surface area contributed by atoms with Crippen LogP contribution in [0, 0.1) is 0 Å². The summed E-state index contributed by atoms with van der Waals surface area (Å²) in [5.74, 6) is 0. The lowest BCUT2D eigenvalue weighted by molar-refractivity contribution is 0.192. The molecule has 1 rings (SSSR count). The Morgan fingerprint density at radius 2 is 1.68 bits per heavy atom. The van der Waals surface area contributed by atoms with Gasteiger partial charge in [0.25, 0.3) is 0 Å². The van der Waals surface area contributed by atoms with Crippen LogP contribution in [0.15, 0.2) is 33.8 Å². The van der Waals surface area contributed by atoms with E-state index in [0.29, 0.717) is 13.2 Å². The predicted octanol–water partition coefficient (Wildman–Crippen LogP) is 5.11. The van der Waals surface area contributed by atoms with E-state index in [0.717, 1.165) is 35.7 Å². The van der Waals surface area contributed by atoms with Gasteiger partial charge in [-0.05, 0) is 30.5 Å². The largest absolute Gasteiger partial charge is 0.448 e. The highest BCUT2D eigenvalue weighted by atomic mass is 79.9. The molecule has 0 aliphatic heterocycles. The van der Waals surface area contributed by atoms with Gasteiger partial charge in [0.05, 0.1) is 19.4 Å². The molecule has 0 aliphatic rings. The van der Waals surface area contributed by atoms with E-state index in [1.54, 1.807) is 6.21 Å². The molecular weight excluding hydrogens is 367 g/mol. The summed E-state index contributed by atoms with van der Waals surface area (Å²) < 4.78 is 24.3. The molecule has 0 unspecified atom stereocenters. The second kappa shape index (κ2) is 10.9. The van der Waals surface area contributed by atoms with Gasteiger partial charge < -0.3 is 0 Å². The summed E-state index contributed by atoms with van der Waals surface area (Å²) in [4.78, 5) is 0. The number of unbranched alkanes of at least 4 members (excludes halogenated alkanes) is 2. The molecule has 1 N–H and O–H groups in total. The van der Waals surface area contributed by atoms with Crippen molar-refractivity contribution in [3.05, 3.63) is 34.3 Å². The molecule has 0 radical (unpaired) electrons. The summed E-state index contributed by atoms with van der Waals surface area (Å²) in [6.45, 7) is 4.87. The van der Waals surface area contributed by atoms with Crippen molar-refractivity contribution in [2.45, 2.75) is 39.5 Å². The van der Waals surface area contributed by atoms with E-state index in [4.69, 9.17) is 9.05 Å². The quantitative estimate of drug-likeness (QED) is 0.246. The molecule has 0 aromatic heterocycles. The number of halogens is 1. The van der Waals surface area contributed by atoms with Gasteiger partial charge in [-0.2, -0.15) is 5.10 Å². The normalized spacial score (nSPS) is 12.0. The summed E-state index contributed by atoms with van der Waals surface area (Å²) in [6.07, 6.45) is 5.19. The third-order valence-corrected chi connectivity index (χ3v) is 4.72. The van der Waals surface area contributed by atoms with Crippen LogP contribution in [0.5, 0.6) is 0 Å². The zero-order chi connectivity index (χ0) is 16.3. The molecule has 0 bridgehead atoms. The van der Waals surface area contributed by atoms with Gasteiger partial charge in [0.15, 0.2) is 0 Å². The Kier molecular flexibility index (Phi) is 9.64. The van der Waals surface area contributed by atoms with Crippen molar-refractivity contribution in [3.63, 3.8) is 0 Å². The van der Waals surface area contributed by atoms with Crippen LogP contribution >= 0.6 is 23.7 Å². The average Bonchev–Trinajstić information content (AvgIpc) is 2.50. The fraction of sp³-hybridized carbons (Fsp3) is 0.533. The topological polar surface area (TPSA) is 59.9 Å². The first-order valence-corrected chi connectivity index (χ1v) is 9.88. The maximum Gasteiger partial charge on any atom is 0.448 e. The molecule has 5 nitrogen and oxygen atoms in total. The van der Waals surface area contributed by atoms with Gasteiger partial charge in [-0.1, -0.05) is 54.8 Å². The summed E-state index contributed by atoms with van der Waals surface area (Å²) in [7, 11) is -3.38. The van der Waals surface area contributed by atoms with Crippen LogP contribution in [0.25, 0.3) is 0 Å². The molecule has 0 atom stereocenters. The smallest absolute Gasteiger partial charge is 0.291 e. The molecular formula is C15H24BrN2O3P. The molecule has 0 saturated heterocycles. The third kappa shape index (κ3) is 8.08. The summed E-state index contributed by atoms with van der Waals surface area (Å²) in [5, 5.41) is 6.54. The number of nitrogens with one attached hydrogen (secondary N) is 1. The van der Waals surface area contributed by atoms with Crippen LogP contribution in [-0.2, 0) is 13.6 Å². The number of hydrogen-bond donors (Lipinski definition) is 1. The first-order chi connectivity index (χ1) is 10.6. The standard InChI is InChI=1S/C15H24BrN2O3P/c1-3-5-11-20-22(19,21-12-6-4-2)18-17-13-14-7-9-15(16)10-8-14/h7-10,13H,3-6,11-12H2,1-2H3,(H,18,19)/b17-13+. The van der Waals surface area contributed by atoms with Gasteiger partial charge in [-0.15, -0.1) is 0 Å². The van der Waals surface area contributed by atoms with E-state index in [9.17, 15) is 4.57 Å². The lowest BCUT2D eigenvalue weighted by Gasteiger charge is -2.17. The number of nitrogens with zero attached hydrogens (tertiary/aromatic N) is 1. The molecule has 0 heterocycles. The first kappa shape index (κ1) is 19.4. The Labute approximate surface area is 141 Å². The maximum atomic E-state index is 12.5. The average molecular weight is 391 g/mol. The van der Waals surface area contributed by atoms with Gasteiger partial charge in [0, 0.05) is 4.47 Å². The highest BCUT2D eigenvalue weighted by molar-refractivity contribution is 9.10. The number of hydrogen-bond acceptors (Lipinski definition) is 4. The molecule has 7 heteroatoms. The molecule has 1 aromatic rings. The first-order valence-electron chi connectivity index (χ1n) is 7.54. The van der Waals surface area contributed by atoms with E-state index in [1.165, 1.54) is 0 Å². The molecule has 0 amide bonds. The van der Waals surface area contributed by atoms with Crippen LogP contribution in [0.4, 0.5) is 0 Å². The van der Waals surface area contributed by atoms with E-state index < -0.39 is 7.75 Å². The summed E-state index contributed by atoms with van der Waals surface area (Å²) in [5.41, 5.74) is 0.893. The summed E-state index contributed by atoms with van der Waals surface area (Å²) in [6, 6.07) is 7.62. The highest BCUT2D eigenvalue weighted by Crippen LogP contribution is 2.44. The minimum atomic E-state index is -3.38. The highest BCUT2D eigenvalue weighted by Gasteiger charge is 2.23. The second-order valence-electron chi connectivity index (χ2n) is 4.78. The Balaban J connectivity index is 2.58. The molecule has 1 aromatic carbocycles. The fourth-order valence-corrected chi connectivity index (χ4v) is 2.87. The maximum absolute atomic E-state index is 12.5. The molecule has 0 saturated carbocycles. The zero-order valence-corrected chi connectivity index (χ0v) is 15.6. The zero-order valence-electron chi connectivity index (χ0n) is 13.1. The van der Waals surface area contributed by atoms with Crippen molar-refractivity contribution < 1.29 is 13.6 Å². The lowest BCUT2D eigenvalue weighted by Crippen LogP contribution is -2.11. The van der Waals surface area contributed by atoms with Gasteiger partial charge in [-0.3, -0.25) is 9.05 Å². The Hall–Kier alpha value is -0.680. The van der Waals surface area contributed by atoms with E-state index >= 15 is 0 Å². The van der Waals surface area contributed by atoms with Crippen LogP contribution in [0.3, 0.4) is 0 Å². The predicted molar refractivity (Wildman–Crippen MR) is 94.2 cm³/mol. The van der Waals surface area contributed by atoms with Crippen molar-refractivity contribution >= 4 is 29.9 Å². The van der Waals surface area contributed by atoms with Crippen molar-refractivity contribution in [2.24, 2.45) is 5.10 Å². The monoisotopic (exact) mass is 390 g/mol. The van der Waals surface area contributed by atoms with Crippen LogP contribution in [0.2, 0.25) is 0 Å². The second-order valence-corrected chi connectivity index (χ2v) is 7.41. The lowest BCUT2D eigenvalue weighted by atomic mass is 10.2. The Bertz CT molecular complexity index is 480. The number of hydrazone groups is 1. The Morgan fingerprint density at radius 1 is 1.14 bits per heavy atom. The minimum absolute atomic E-state index is 0.390. The van der Waals surface area contributed by atoms with Crippen molar-refractivity contribution in [3.8, 4) is 0 Å². The molecule has 0 spiro atoms. The van der Waals surface area contributed by atoms with E-state index in [1.807, 2.05) is 38.1 Å². The van der Waals surface area contributed by atoms with E-state index in [2.05, 4.69) is 26.2 Å². The van der Waals surface area contributed by atoms with Crippen molar-refractivity contribution in [1.29, 1.82) is 0 Å². The van der Waals surface area contributed by atoms with Gasteiger partial charge >= 0.3 is 7.75 Å². The minimum Gasteiger partial charge on any atom is -0.291 e. The fourth-order valence-electron chi connectivity index (χ4n) is 1.48. The number of rotatable bonds is 11. The third-order valence-electron chi connectivity index (χ3n) is 2.78. The van der Waals surface area contributed by atoms with Gasteiger partial charge in [0.2, 0.25) is 0 Å². The summed E-state index contributed by atoms with van der Waals surface area (Å²) >= 11 is 3.37. The van der Waals surface area contributed by atoms with Gasteiger partial charge in [-0.25, -0.2) is 9.76 Å². The van der Waals surface area contributed by atoms with Crippen LogP contribution < -0.4 is 5.20 Å². The SMILES string of the molecule is CCCCOP(=O)(N/N=C/c1ccc(Br)cc1)OCCCC. The number of benzene rings is 1. The van der Waals surface area contributed by atoms with Gasteiger partial charge in [0.1, 0.15) is 0 Å². The van der Waals surface area contributed by atoms with Crippen molar-refractivity contribution in [1.82, 2.24) is 5.20 Å². The Morgan fingerprint density at radius 3 is 2.18 bits per heavy atom. The van der Waals surface area contributed by atoms with E-state index in [-0.39, 0.29) is 0 Å². The molecule has 0 aliphatic carbocycles. The molecule has 124 valence electrons. The molecule has 0 fully saturated rings. The van der Waals surface area contributed by atoms with Crippen LogP contribution in [-0.4, -0.2) is 19.4 Å². The molecule has 22 heavy (non-hydrogen) atoms. The van der Waals surface area contributed by atoms with Crippen molar-refractivity contribution in [2.75, 3.05) is 13.2 Å². The van der Waals surface area contributed by atoms with Crippen LogP contribution in [0.1, 0.15) is 45.1 Å².